The van der Waals surface area contributed by atoms with Crippen LogP contribution in [0.3, 0.4) is 0 Å². The average molecular weight is 247 g/mol. The van der Waals surface area contributed by atoms with Crippen molar-refractivity contribution < 1.29 is 9.59 Å². The Bertz CT molecular complexity index is 499. The summed E-state index contributed by atoms with van der Waals surface area (Å²) in [5.74, 6) is -0.160. The molecular formula is C13H17N3O2. The molecule has 3 amide bonds. The number of nitrogens with zero attached hydrogens (tertiary/aromatic N) is 2. The largest absolute Gasteiger partial charge is 0.398 e. The fourth-order valence-electron chi connectivity index (χ4n) is 2.23. The van der Waals surface area contributed by atoms with Gasteiger partial charge in [0.1, 0.15) is 6.54 Å². The number of anilines is 1. The minimum atomic E-state index is -0.246. The van der Waals surface area contributed by atoms with E-state index in [-0.39, 0.29) is 18.5 Å². The van der Waals surface area contributed by atoms with Crippen molar-refractivity contribution in [3.05, 3.63) is 29.3 Å². The number of likely N-dealkylation sites (N-methyl/N-ethyl adjacent to an activating group) is 1. The molecule has 0 aliphatic carbocycles. The Morgan fingerprint density at radius 1 is 1.33 bits per heavy atom. The van der Waals surface area contributed by atoms with Gasteiger partial charge >= 0.3 is 6.03 Å². The Kier molecular flexibility index (Phi) is 3.23. The first-order valence-electron chi connectivity index (χ1n) is 5.96. The molecule has 0 spiro atoms. The van der Waals surface area contributed by atoms with Crippen LogP contribution in [0, 0.1) is 0 Å². The lowest BCUT2D eigenvalue weighted by Gasteiger charge is -2.17. The maximum atomic E-state index is 11.8. The summed E-state index contributed by atoms with van der Waals surface area (Å²) >= 11 is 0. The minimum absolute atomic E-state index is 0.155. The molecule has 0 aromatic heterocycles. The third-order valence-corrected chi connectivity index (χ3v) is 3.22. The maximum Gasteiger partial charge on any atom is 0.327 e. The second-order valence-corrected chi connectivity index (χ2v) is 4.46. The molecule has 18 heavy (non-hydrogen) atoms. The summed E-state index contributed by atoms with van der Waals surface area (Å²) in [6.45, 7) is 2.47. The monoisotopic (exact) mass is 247 g/mol. The summed E-state index contributed by atoms with van der Waals surface area (Å²) in [4.78, 5) is 26.2. The predicted molar refractivity (Wildman–Crippen MR) is 68.8 cm³/mol. The van der Waals surface area contributed by atoms with E-state index < -0.39 is 0 Å². The smallest absolute Gasteiger partial charge is 0.327 e. The van der Waals surface area contributed by atoms with Crippen molar-refractivity contribution in [2.24, 2.45) is 0 Å². The SMILES string of the molecule is CCc1c(N)cccc1CN1C(=O)CN(C)C1=O. The van der Waals surface area contributed by atoms with E-state index in [1.807, 2.05) is 25.1 Å². The molecule has 2 rings (SSSR count). The molecule has 1 aromatic rings. The highest BCUT2D eigenvalue weighted by molar-refractivity contribution is 6.01. The average Bonchev–Trinajstić information content (AvgIpc) is 2.56. The van der Waals surface area contributed by atoms with Gasteiger partial charge in [-0.15, -0.1) is 0 Å². The van der Waals surface area contributed by atoms with Gasteiger partial charge < -0.3 is 10.6 Å². The van der Waals surface area contributed by atoms with E-state index in [9.17, 15) is 9.59 Å². The lowest BCUT2D eigenvalue weighted by molar-refractivity contribution is -0.125. The molecule has 1 heterocycles. The van der Waals surface area contributed by atoms with Crippen molar-refractivity contribution in [2.75, 3.05) is 19.3 Å². The van der Waals surface area contributed by atoms with Crippen LogP contribution in [0.4, 0.5) is 10.5 Å². The van der Waals surface area contributed by atoms with E-state index >= 15 is 0 Å². The van der Waals surface area contributed by atoms with Gasteiger partial charge in [0.25, 0.3) is 5.91 Å². The minimum Gasteiger partial charge on any atom is -0.398 e. The molecule has 5 heteroatoms. The van der Waals surface area contributed by atoms with Crippen LogP contribution in [-0.4, -0.2) is 35.3 Å². The maximum absolute atomic E-state index is 11.8. The van der Waals surface area contributed by atoms with Crippen LogP contribution < -0.4 is 5.73 Å². The summed E-state index contributed by atoms with van der Waals surface area (Å²) < 4.78 is 0. The second kappa shape index (κ2) is 4.68. The van der Waals surface area contributed by atoms with Crippen LogP contribution >= 0.6 is 0 Å². The van der Waals surface area contributed by atoms with Crippen molar-refractivity contribution in [1.29, 1.82) is 0 Å². The van der Waals surface area contributed by atoms with Crippen molar-refractivity contribution in [1.82, 2.24) is 9.80 Å². The number of imide groups is 1. The van der Waals surface area contributed by atoms with Gasteiger partial charge in [0.05, 0.1) is 6.54 Å². The fourth-order valence-corrected chi connectivity index (χ4v) is 2.23. The number of amides is 3. The van der Waals surface area contributed by atoms with Crippen LogP contribution in [0.5, 0.6) is 0 Å². The number of benzene rings is 1. The highest BCUT2D eigenvalue weighted by Crippen LogP contribution is 2.21. The number of nitrogens with two attached hydrogens (primary N) is 1. The number of urea groups is 1. The fraction of sp³-hybridized carbons (Fsp3) is 0.385. The number of carbonyl (C=O) groups is 2. The van der Waals surface area contributed by atoms with E-state index in [0.717, 1.165) is 17.5 Å². The Labute approximate surface area is 106 Å². The van der Waals surface area contributed by atoms with Gasteiger partial charge in [-0.2, -0.15) is 0 Å². The van der Waals surface area contributed by atoms with E-state index in [1.54, 1.807) is 7.05 Å². The summed E-state index contributed by atoms with van der Waals surface area (Å²) in [7, 11) is 1.63. The molecule has 1 aromatic carbocycles. The molecule has 1 aliphatic heterocycles. The van der Waals surface area contributed by atoms with E-state index in [0.29, 0.717) is 12.2 Å². The third-order valence-electron chi connectivity index (χ3n) is 3.22. The van der Waals surface area contributed by atoms with Crippen LogP contribution in [0.2, 0.25) is 0 Å². The molecule has 5 nitrogen and oxygen atoms in total. The van der Waals surface area contributed by atoms with Gasteiger partial charge in [-0.05, 0) is 23.6 Å². The summed E-state index contributed by atoms with van der Waals surface area (Å²) in [6.07, 6.45) is 0.786. The predicted octanol–water partition coefficient (Wildman–Crippen LogP) is 1.23. The van der Waals surface area contributed by atoms with Gasteiger partial charge in [-0.25, -0.2) is 4.79 Å². The number of nitrogen functional groups attached to an aromatic ring is 1. The second-order valence-electron chi connectivity index (χ2n) is 4.46. The van der Waals surface area contributed by atoms with Crippen molar-refractivity contribution in [3.63, 3.8) is 0 Å². The van der Waals surface area contributed by atoms with Gasteiger partial charge in [0.15, 0.2) is 0 Å². The van der Waals surface area contributed by atoms with E-state index in [1.165, 1.54) is 9.80 Å². The standard InChI is InChI=1S/C13H17N3O2/c1-3-10-9(5-4-6-11(10)14)7-16-12(17)8-15(2)13(16)18/h4-6H,3,7-8,14H2,1-2H3. The molecule has 0 bridgehead atoms. The zero-order valence-corrected chi connectivity index (χ0v) is 10.6. The zero-order valence-electron chi connectivity index (χ0n) is 10.6. The molecule has 0 unspecified atom stereocenters. The number of carbonyl (C=O) groups excluding carboxylic acids is 2. The topological polar surface area (TPSA) is 66.6 Å². The Hall–Kier alpha value is -2.04. The summed E-state index contributed by atoms with van der Waals surface area (Å²) in [5.41, 5.74) is 8.56. The summed E-state index contributed by atoms with van der Waals surface area (Å²) in [5, 5.41) is 0. The molecule has 1 aliphatic rings. The van der Waals surface area contributed by atoms with Crippen molar-refractivity contribution in [2.45, 2.75) is 19.9 Å². The zero-order chi connectivity index (χ0) is 13.3. The Morgan fingerprint density at radius 3 is 2.61 bits per heavy atom. The van der Waals surface area contributed by atoms with Gasteiger partial charge in [0.2, 0.25) is 0 Å². The summed E-state index contributed by atoms with van der Waals surface area (Å²) in [6, 6.07) is 5.35. The highest BCUT2D eigenvalue weighted by atomic mass is 16.2. The molecule has 1 saturated heterocycles. The van der Waals surface area contributed by atoms with Crippen molar-refractivity contribution >= 4 is 17.6 Å². The molecular weight excluding hydrogens is 230 g/mol. The number of hydrogen-bond donors (Lipinski definition) is 1. The van der Waals surface area contributed by atoms with Gasteiger partial charge in [-0.1, -0.05) is 19.1 Å². The highest BCUT2D eigenvalue weighted by Gasteiger charge is 2.33. The molecule has 1 fully saturated rings. The van der Waals surface area contributed by atoms with Crippen LogP contribution in [0.15, 0.2) is 18.2 Å². The van der Waals surface area contributed by atoms with Crippen LogP contribution in [0.1, 0.15) is 18.1 Å². The van der Waals surface area contributed by atoms with E-state index in [4.69, 9.17) is 5.73 Å². The Morgan fingerprint density at radius 2 is 2.06 bits per heavy atom. The first-order chi connectivity index (χ1) is 8.54. The number of rotatable bonds is 3. The van der Waals surface area contributed by atoms with Crippen LogP contribution in [-0.2, 0) is 17.8 Å². The van der Waals surface area contributed by atoms with Gasteiger partial charge in [-0.3, -0.25) is 9.69 Å². The first kappa shape index (κ1) is 12.4. The van der Waals surface area contributed by atoms with E-state index in [2.05, 4.69) is 0 Å². The quantitative estimate of drug-likeness (QED) is 0.645. The normalized spacial score (nSPS) is 15.7. The Balaban J connectivity index is 2.27. The molecule has 0 radical (unpaired) electrons. The van der Waals surface area contributed by atoms with Crippen molar-refractivity contribution in [3.8, 4) is 0 Å². The third kappa shape index (κ3) is 2.03. The molecule has 96 valence electrons. The lowest BCUT2D eigenvalue weighted by atomic mass is 10.0. The lowest BCUT2D eigenvalue weighted by Crippen LogP contribution is -2.31. The van der Waals surface area contributed by atoms with Gasteiger partial charge in [0, 0.05) is 12.7 Å². The number of hydrogen-bond acceptors (Lipinski definition) is 3. The molecule has 2 N–H and O–H groups in total. The molecule has 0 saturated carbocycles. The first-order valence-corrected chi connectivity index (χ1v) is 5.96. The molecule has 0 atom stereocenters. The van der Waals surface area contributed by atoms with Crippen LogP contribution in [0.25, 0.3) is 0 Å².